The van der Waals surface area contributed by atoms with Crippen molar-refractivity contribution in [1.29, 1.82) is 0 Å². The number of nitrogens with zero attached hydrogens (tertiary/aromatic N) is 1. The molecule has 1 aromatic carbocycles. The summed E-state index contributed by atoms with van der Waals surface area (Å²) in [6.45, 7) is 2.87. The minimum Gasteiger partial charge on any atom is -0.397 e. The highest BCUT2D eigenvalue weighted by molar-refractivity contribution is 5.98. The van der Waals surface area contributed by atoms with Gasteiger partial charge in [-0.2, -0.15) is 0 Å². The van der Waals surface area contributed by atoms with Crippen LogP contribution in [0.2, 0.25) is 0 Å². The Morgan fingerprint density at radius 2 is 1.94 bits per heavy atom. The zero-order chi connectivity index (χ0) is 11.3. The Balaban J connectivity index is 0.00000225. The molecule has 0 aliphatic carbocycles. The Bertz CT molecular complexity index is 363. The number of benzene rings is 1. The van der Waals surface area contributed by atoms with Gasteiger partial charge in [0.15, 0.2) is 0 Å². The van der Waals surface area contributed by atoms with Gasteiger partial charge in [0, 0.05) is 12.1 Å². The Labute approximate surface area is 102 Å². The van der Waals surface area contributed by atoms with E-state index < -0.39 is 0 Å². The fraction of sp³-hybridized carbons (Fsp3) is 0.364. The smallest absolute Gasteiger partial charge is 0.125 e. The quantitative estimate of drug-likeness (QED) is 0.325. The molecule has 6 N–H and O–H groups in total. The van der Waals surface area contributed by atoms with Gasteiger partial charge in [0.25, 0.3) is 0 Å². The minimum atomic E-state index is 0. The van der Waals surface area contributed by atoms with Crippen molar-refractivity contribution in [2.45, 2.75) is 19.8 Å². The third-order valence-electron chi connectivity index (χ3n) is 2.18. The molecular formula is C11H19ClN4. The topological polar surface area (TPSA) is 90.4 Å². The molecule has 90 valence electrons. The molecule has 0 aliphatic rings. The first-order valence-corrected chi connectivity index (χ1v) is 5.10. The van der Waals surface area contributed by atoms with Crippen molar-refractivity contribution in [3.63, 3.8) is 0 Å². The van der Waals surface area contributed by atoms with Crippen LogP contribution >= 0.6 is 12.4 Å². The molecule has 0 heterocycles. The maximum atomic E-state index is 5.81. The van der Waals surface area contributed by atoms with Crippen molar-refractivity contribution in [2.24, 2.45) is 10.7 Å². The lowest BCUT2D eigenvalue weighted by Gasteiger charge is -2.04. The van der Waals surface area contributed by atoms with E-state index in [4.69, 9.17) is 17.2 Å². The Hall–Kier alpha value is -1.42. The first kappa shape index (κ1) is 14.6. The normalized spacial score (nSPS) is 10.9. The van der Waals surface area contributed by atoms with Crippen molar-refractivity contribution in [3.05, 3.63) is 23.8 Å². The third-order valence-corrected chi connectivity index (χ3v) is 2.18. The van der Waals surface area contributed by atoms with Gasteiger partial charge in [0.1, 0.15) is 5.84 Å². The highest BCUT2D eigenvalue weighted by atomic mass is 35.5. The van der Waals surface area contributed by atoms with Gasteiger partial charge < -0.3 is 17.2 Å². The molecule has 0 amide bonds. The number of nitrogen functional groups attached to an aromatic ring is 2. The van der Waals surface area contributed by atoms with Crippen molar-refractivity contribution in [3.8, 4) is 0 Å². The predicted octanol–water partition coefficient (Wildman–Crippen LogP) is 1.78. The lowest BCUT2D eigenvalue weighted by molar-refractivity contribution is 0.807. The molecular weight excluding hydrogens is 224 g/mol. The van der Waals surface area contributed by atoms with E-state index in [0.29, 0.717) is 17.2 Å². The number of aliphatic imine (C=N–C) groups is 1. The summed E-state index contributed by atoms with van der Waals surface area (Å²) in [5.74, 6) is 0.523. The summed E-state index contributed by atoms with van der Waals surface area (Å²) in [5.41, 5.74) is 19.0. The third kappa shape index (κ3) is 3.98. The second kappa shape index (κ2) is 6.95. The number of hydrogen-bond acceptors (Lipinski definition) is 3. The van der Waals surface area contributed by atoms with Crippen LogP contribution in [0.25, 0.3) is 0 Å². The van der Waals surface area contributed by atoms with E-state index in [1.807, 2.05) is 6.07 Å². The largest absolute Gasteiger partial charge is 0.397 e. The zero-order valence-corrected chi connectivity index (χ0v) is 10.3. The summed E-state index contributed by atoms with van der Waals surface area (Å²) in [4.78, 5) is 4.25. The molecule has 0 spiro atoms. The van der Waals surface area contributed by atoms with E-state index in [-0.39, 0.29) is 12.4 Å². The molecule has 4 nitrogen and oxygen atoms in total. The lowest BCUT2D eigenvalue weighted by Crippen LogP contribution is -2.14. The van der Waals surface area contributed by atoms with Gasteiger partial charge in [0.05, 0.1) is 11.4 Å². The summed E-state index contributed by atoms with van der Waals surface area (Å²) in [5, 5.41) is 0. The molecule has 0 saturated carbocycles. The van der Waals surface area contributed by atoms with E-state index in [2.05, 4.69) is 11.9 Å². The van der Waals surface area contributed by atoms with Gasteiger partial charge >= 0.3 is 0 Å². The van der Waals surface area contributed by atoms with Gasteiger partial charge in [-0.05, 0) is 24.6 Å². The first-order chi connectivity index (χ1) is 7.15. The molecule has 0 saturated heterocycles. The molecule has 0 unspecified atom stereocenters. The molecule has 0 fully saturated rings. The summed E-state index contributed by atoms with van der Waals surface area (Å²) in [7, 11) is 0. The van der Waals surface area contributed by atoms with Crippen LogP contribution in [0.1, 0.15) is 25.3 Å². The molecule has 0 aromatic heterocycles. The fourth-order valence-electron chi connectivity index (χ4n) is 1.18. The molecule has 5 heteroatoms. The number of rotatable bonds is 4. The molecule has 0 aliphatic heterocycles. The summed E-state index contributed by atoms with van der Waals surface area (Å²) in [6, 6.07) is 5.32. The zero-order valence-electron chi connectivity index (χ0n) is 9.44. The van der Waals surface area contributed by atoms with Gasteiger partial charge in [-0.3, -0.25) is 4.99 Å². The van der Waals surface area contributed by atoms with Crippen molar-refractivity contribution < 1.29 is 0 Å². The number of anilines is 2. The van der Waals surface area contributed by atoms with Crippen LogP contribution in [0.3, 0.4) is 0 Å². The van der Waals surface area contributed by atoms with Gasteiger partial charge in [0.2, 0.25) is 0 Å². The number of hydrogen-bond donors (Lipinski definition) is 3. The number of unbranched alkanes of at least 4 members (excludes halogenated alkanes) is 1. The molecule has 1 rings (SSSR count). The highest BCUT2D eigenvalue weighted by Crippen LogP contribution is 2.15. The highest BCUT2D eigenvalue weighted by Gasteiger charge is 2.00. The van der Waals surface area contributed by atoms with Crippen molar-refractivity contribution in [1.82, 2.24) is 0 Å². The SMILES string of the molecule is CCCCN=C(N)c1ccc(N)c(N)c1.Cl. The number of halogens is 1. The van der Waals surface area contributed by atoms with E-state index in [9.17, 15) is 0 Å². The van der Waals surface area contributed by atoms with E-state index in [0.717, 1.165) is 24.9 Å². The van der Waals surface area contributed by atoms with E-state index in [1.54, 1.807) is 12.1 Å². The summed E-state index contributed by atoms with van der Waals surface area (Å²) in [6.07, 6.45) is 2.16. The molecule has 1 aromatic rings. The number of nitrogens with two attached hydrogens (primary N) is 3. The second-order valence-electron chi connectivity index (χ2n) is 3.46. The number of amidine groups is 1. The Kier molecular flexibility index (Phi) is 6.34. The van der Waals surface area contributed by atoms with Crippen LogP contribution in [-0.2, 0) is 0 Å². The monoisotopic (exact) mass is 242 g/mol. The van der Waals surface area contributed by atoms with Crippen LogP contribution in [0.15, 0.2) is 23.2 Å². The van der Waals surface area contributed by atoms with Gasteiger partial charge in [-0.25, -0.2) is 0 Å². The van der Waals surface area contributed by atoms with Gasteiger partial charge in [-0.1, -0.05) is 13.3 Å². The van der Waals surface area contributed by atoms with Crippen LogP contribution in [-0.4, -0.2) is 12.4 Å². The van der Waals surface area contributed by atoms with Crippen LogP contribution < -0.4 is 17.2 Å². The van der Waals surface area contributed by atoms with E-state index >= 15 is 0 Å². The Morgan fingerprint density at radius 3 is 2.50 bits per heavy atom. The van der Waals surface area contributed by atoms with Crippen molar-refractivity contribution >= 4 is 29.6 Å². The van der Waals surface area contributed by atoms with Crippen molar-refractivity contribution in [2.75, 3.05) is 18.0 Å². The van der Waals surface area contributed by atoms with Crippen LogP contribution in [0, 0.1) is 0 Å². The fourth-order valence-corrected chi connectivity index (χ4v) is 1.18. The molecule has 0 bridgehead atoms. The summed E-state index contributed by atoms with van der Waals surface area (Å²) >= 11 is 0. The molecule has 16 heavy (non-hydrogen) atoms. The average molecular weight is 243 g/mol. The predicted molar refractivity (Wildman–Crippen MR) is 73.0 cm³/mol. The van der Waals surface area contributed by atoms with E-state index in [1.165, 1.54) is 0 Å². The summed E-state index contributed by atoms with van der Waals surface area (Å²) < 4.78 is 0. The van der Waals surface area contributed by atoms with Crippen LogP contribution in [0.5, 0.6) is 0 Å². The second-order valence-corrected chi connectivity index (χ2v) is 3.46. The lowest BCUT2D eigenvalue weighted by atomic mass is 10.1. The van der Waals surface area contributed by atoms with Gasteiger partial charge in [-0.15, -0.1) is 12.4 Å². The standard InChI is InChI=1S/C11H18N4.ClH/c1-2-3-6-15-11(14)8-4-5-9(12)10(13)7-8;/h4-5,7H,2-3,6,12-13H2,1H3,(H2,14,15);1H. The maximum Gasteiger partial charge on any atom is 0.125 e. The van der Waals surface area contributed by atoms with Crippen LogP contribution in [0.4, 0.5) is 11.4 Å². The molecule has 0 radical (unpaired) electrons. The Morgan fingerprint density at radius 1 is 1.25 bits per heavy atom. The minimum absolute atomic E-state index is 0. The molecule has 0 atom stereocenters. The maximum absolute atomic E-state index is 5.81. The first-order valence-electron chi connectivity index (χ1n) is 5.10. The average Bonchev–Trinajstić information content (AvgIpc) is 2.22.